The molecule has 0 aromatic heterocycles. The Hall–Kier alpha value is -0.530. The third-order valence-corrected chi connectivity index (χ3v) is 2.74. The summed E-state index contributed by atoms with van der Waals surface area (Å²) in [5, 5.41) is -2.88. The number of nitrogens with one attached hydrogen (secondary N) is 1. The van der Waals surface area contributed by atoms with E-state index in [9.17, 15) is 34.8 Å². The van der Waals surface area contributed by atoms with E-state index in [1.165, 1.54) is 0 Å². The predicted molar refractivity (Wildman–Crippen MR) is 44.1 cm³/mol. The fourth-order valence-electron chi connectivity index (χ4n) is 0.545. The van der Waals surface area contributed by atoms with Crippen molar-refractivity contribution in [1.82, 2.24) is 0 Å². The number of hydrogen-bond acceptors (Lipinski definition) is 3. The smallest absolute Gasteiger partial charge is 0.301 e. The van der Waals surface area contributed by atoms with E-state index in [-0.39, 0.29) is 0 Å². The van der Waals surface area contributed by atoms with E-state index in [0.717, 1.165) is 0 Å². The van der Waals surface area contributed by atoms with Gasteiger partial charge in [0.1, 0.15) is 0 Å². The molecule has 102 valence electrons. The van der Waals surface area contributed by atoms with Gasteiger partial charge >= 0.3 is 17.1 Å². The Morgan fingerprint density at radius 2 is 1.35 bits per heavy atom. The highest BCUT2D eigenvalue weighted by Crippen LogP contribution is 2.47. The van der Waals surface area contributed by atoms with Crippen molar-refractivity contribution in [2.45, 2.75) is 17.1 Å². The van der Waals surface area contributed by atoms with Crippen LogP contribution in [0.5, 0.6) is 0 Å². The van der Waals surface area contributed by atoms with Crippen LogP contribution in [0.2, 0.25) is 0 Å². The summed E-state index contributed by atoms with van der Waals surface area (Å²) in [6.45, 7) is 0. The summed E-state index contributed by atoms with van der Waals surface area (Å²) in [6.07, 6.45) is 0. The lowest BCUT2D eigenvalue weighted by molar-refractivity contribution is -0.249. The molecule has 0 radical (unpaired) electrons. The van der Waals surface area contributed by atoms with Gasteiger partial charge in [-0.2, -0.15) is 26.3 Å². The zero-order valence-corrected chi connectivity index (χ0v) is 8.93. The van der Waals surface area contributed by atoms with Gasteiger partial charge in [-0.15, -0.1) is 0 Å². The second-order valence-electron chi connectivity index (χ2n) is 2.49. The van der Waals surface area contributed by atoms with Gasteiger partial charge in [0, 0.05) is 0 Å². The van der Waals surface area contributed by atoms with E-state index < -0.39 is 44.3 Å². The van der Waals surface area contributed by atoms with Gasteiger partial charge < -0.3 is 9.11 Å². The first-order valence-electron chi connectivity index (χ1n) is 3.24. The van der Waals surface area contributed by atoms with Gasteiger partial charge in [-0.1, -0.05) is 0 Å². The van der Waals surface area contributed by atoms with E-state index in [2.05, 4.69) is 0 Å². The van der Waals surface area contributed by atoms with Crippen molar-refractivity contribution >= 4 is 27.2 Å². The lowest BCUT2D eigenvalue weighted by atomic mass is 10.2. The van der Waals surface area contributed by atoms with Gasteiger partial charge in [-0.25, -0.2) is 8.42 Å². The standard InChI is InChI=1S/C4H3F6NO4S2/c5-2(6,1(11)16(12)13)3(7,8)4(9,10)17(14)15/h11H,(H,12,13)(H,14,15). The van der Waals surface area contributed by atoms with Crippen molar-refractivity contribution in [3.8, 4) is 0 Å². The van der Waals surface area contributed by atoms with E-state index in [1.807, 2.05) is 0 Å². The molecule has 0 aliphatic rings. The first-order valence-corrected chi connectivity index (χ1v) is 5.45. The molecule has 5 nitrogen and oxygen atoms in total. The first kappa shape index (κ1) is 16.5. The quantitative estimate of drug-likeness (QED) is 0.315. The van der Waals surface area contributed by atoms with E-state index in [1.54, 1.807) is 0 Å². The Labute approximate surface area is 94.3 Å². The van der Waals surface area contributed by atoms with Gasteiger partial charge in [-0.3, -0.25) is 5.41 Å². The van der Waals surface area contributed by atoms with Crippen LogP contribution < -0.4 is 0 Å². The molecule has 0 heterocycles. The summed E-state index contributed by atoms with van der Waals surface area (Å²) < 4.78 is 111. The van der Waals surface area contributed by atoms with E-state index in [4.69, 9.17) is 14.5 Å². The maximum absolute atomic E-state index is 12.6. The molecule has 2 atom stereocenters. The molecule has 3 N–H and O–H groups in total. The van der Waals surface area contributed by atoms with E-state index in [0.29, 0.717) is 0 Å². The topological polar surface area (TPSA) is 98.5 Å². The largest absolute Gasteiger partial charge is 0.413 e. The average molecular weight is 307 g/mol. The summed E-state index contributed by atoms with van der Waals surface area (Å²) >= 11 is -8.60. The molecule has 0 aromatic rings. The van der Waals surface area contributed by atoms with Crippen LogP contribution in [-0.2, 0) is 22.2 Å². The highest BCUT2D eigenvalue weighted by atomic mass is 32.2. The SMILES string of the molecule is N=C(S(=O)O)C(F)(F)C(F)(F)C(F)(F)S(=O)O. The molecule has 0 fully saturated rings. The number of hydrogen-bond donors (Lipinski definition) is 3. The van der Waals surface area contributed by atoms with Crippen LogP contribution >= 0.6 is 0 Å². The van der Waals surface area contributed by atoms with Crippen molar-refractivity contribution in [2.75, 3.05) is 0 Å². The molecule has 0 saturated heterocycles. The molecule has 0 spiro atoms. The van der Waals surface area contributed by atoms with Crippen LogP contribution in [-0.4, -0.2) is 39.7 Å². The number of alkyl halides is 6. The monoisotopic (exact) mass is 307 g/mol. The predicted octanol–water partition coefficient (Wildman–Crippen LogP) is 1.27. The fraction of sp³-hybridized carbons (Fsp3) is 0.750. The third kappa shape index (κ3) is 2.51. The molecule has 0 bridgehead atoms. The minimum Gasteiger partial charge on any atom is -0.301 e. The number of rotatable bonds is 4. The second-order valence-corrected chi connectivity index (χ2v) is 4.41. The Bertz CT molecular complexity index is 384. The first-order chi connectivity index (χ1) is 7.30. The Morgan fingerprint density at radius 3 is 1.59 bits per heavy atom. The van der Waals surface area contributed by atoms with Gasteiger partial charge in [0.25, 0.3) is 0 Å². The van der Waals surface area contributed by atoms with E-state index >= 15 is 0 Å². The molecular weight excluding hydrogens is 304 g/mol. The maximum atomic E-state index is 12.6. The Balaban J connectivity index is 5.68. The summed E-state index contributed by atoms with van der Waals surface area (Å²) in [5.74, 6) is -12.5. The highest BCUT2D eigenvalue weighted by molar-refractivity contribution is 7.95. The zero-order chi connectivity index (χ0) is 14.2. The minimum absolute atomic E-state index is 2.91. The molecule has 17 heavy (non-hydrogen) atoms. The summed E-state index contributed by atoms with van der Waals surface area (Å²) in [4.78, 5) is 0. The van der Waals surface area contributed by atoms with Crippen LogP contribution in [0, 0.1) is 5.41 Å². The lowest BCUT2D eigenvalue weighted by Gasteiger charge is -2.29. The molecule has 0 saturated carbocycles. The van der Waals surface area contributed by atoms with Gasteiger partial charge in [-0.05, 0) is 0 Å². The Morgan fingerprint density at radius 1 is 1.00 bits per heavy atom. The van der Waals surface area contributed by atoms with Crippen molar-refractivity contribution in [3.05, 3.63) is 0 Å². The zero-order valence-electron chi connectivity index (χ0n) is 7.30. The molecule has 0 aromatic carbocycles. The molecule has 2 unspecified atom stereocenters. The van der Waals surface area contributed by atoms with Crippen LogP contribution in [0.4, 0.5) is 26.3 Å². The molecule has 0 aliphatic heterocycles. The van der Waals surface area contributed by atoms with Gasteiger partial charge in [0.15, 0.2) is 5.04 Å². The Kier molecular flexibility index (Phi) is 4.48. The molecule has 0 amide bonds. The van der Waals surface area contributed by atoms with Crippen molar-refractivity contribution in [1.29, 1.82) is 5.41 Å². The highest BCUT2D eigenvalue weighted by Gasteiger charge is 2.77. The minimum atomic E-state index is -6.48. The van der Waals surface area contributed by atoms with Crippen molar-refractivity contribution < 1.29 is 43.9 Å². The third-order valence-electron chi connectivity index (χ3n) is 1.44. The molecule has 0 aliphatic carbocycles. The molecular formula is C4H3F6NO4S2. The van der Waals surface area contributed by atoms with Crippen LogP contribution in [0.1, 0.15) is 0 Å². The van der Waals surface area contributed by atoms with Gasteiger partial charge in [0.05, 0.1) is 0 Å². The summed E-state index contributed by atoms with van der Waals surface area (Å²) in [7, 11) is 0. The normalized spacial score (nSPS) is 17.6. The fourth-order valence-corrected chi connectivity index (χ4v) is 1.24. The number of halogens is 6. The molecule has 0 rings (SSSR count). The van der Waals surface area contributed by atoms with Crippen LogP contribution in [0.15, 0.2) is 0 Å². The maximum Gasteiger partial charge on any atom is 0.413 e. The van der Waals surface area contributed by atoms with Crippen molar-refractivity contribution in [2.24, 2.45) is 0 Å². The van der Waals surface area contributed by atoms with Crippen molar-refractivity contribution in [3.63, 3.8) is 0 Å². The van der Waals surface area contributed by atoms with Gasteiger partial charge in [0.2, 0.25) is 22.2 Å². The van der Waals surface area contributed by atoms with Crippen LogP contribution in [0.25, 0.3) is 0 Å². The average Bonchev–Trinajstić information content (AvgIpc) is 2.15. The summed E-state index contributed by atoms with van der Waals surface area (Å²) in [5.41, 5.74) is 0. The van der Waals surface area contributed by atoms with Crippen LogP contribution in [0.3, 0.4) is 0 Å². The second kappa shape index (κ2) is 4.62. The molecule has 13 heteroatoms. The summed E-state index contributed by atoms with van der Waals surface area (Å²) in [6, 6.07) is 0. The lowest BCUT2D eigenvalue weighted by Crippen LogP contribution is -2.59.